The van der Waals surface area contributed by atoms with E-state index in [0.717, 1.165) is 105 Å². The second-order valence-electron chi connectivity index (χ2n) is 21.3. The Morgan fingerprint density at radius 1 is 0.291 bits per heavy atom. The highest BCUT2D eigenvalue weighted by Crippen LogP contribution is 2.39. The number of aromatic nitrogens is 3. The summed E-state index contributed by atoms with van der Waals surface area (Å²) in [7, 11) is -11.5. The number of rotatable bonds is 15. The van der Waals surface area contributed by atoms with E-state index in [2.05, 4.69) is 60.3 Å². The summed E-state index contributed by atoms with van der Waals surface area (Å²) < 4.78 is 354. The normalized spacial score (nSPS) is 11.5. The van der Waals surface area contributed by atoms with Crippen molar-refractivity contribution in [3.63, 3.8) is 0 Å². The molecular formula is C67H37Br3F18N3O15PS3. The van der Waals surface area contributed by atoms with Crippen LogP contribution in [0.5, 0.6) is 34.5 Å². The van der Waals surface area contributed by atoms with Crippen LogP contribution in [0.3, 0.4) is 0 Å². The maximum atomic E-state index is 14.2. The lowest BCUT2D eigenvalue weighted by Gasteiger charge is -2.15. The highest BCUT2D eigenvalue weighted by atomic mass is 79.9. The molecule has 0 bridgehead atoms. The van der Waals surface area contributed by atoms with Crippen molar-refractivity contribution in [2.75, 3.05) is 21.3 Å². The third kappa shape index (κ3) is 16.1. The first-order chi connectivity index (χ1) is 50.6. The first kappa shape index (κ1) is 85.5. The Balaban J connectivity index is 0.000000206. The van der Waals surface area contributed by atoms with Gasteiger partial charge >= 0.3 is 30.4 Å². The molecule has 9 aromatic carbocycles. The molecule has 0 aliphatic rings. The van der Waals surface area contributed by atoms with Crippen LogP contribution in [-0.2, 0) is 30.4 Å². The van der Waals surface area contributed by atoms with Gasteiger partial charge in [0.15, 0.2) is 0 Å². The first-order valence-corrected chi connectivity index (χ1v) is 35.2. The number of pyridine rings is 3. The van der Waals surface area contributed by atoms with Gasteiger partial charge in [-0.15, -0.1) is 0 Å². The summed E-state index contributed by atoms with van der Waals surface area (Å²) in [6.45, 7) is 0. The van der Waals surface area contributed by atoms with Gasteiger partial charge in [-0.1, -0.05) is 7.43 Å². The van der Waals surface area contributed by atoms with Crippen LogP contribution in [0.2, 0.25) is 0 Å². The van der Waals surface area contributed by atoms with Crippen molar-refractivity contribution in [3.05, 3.63) is 277 Å². The summed E-state index contributed by atoms with van der Waals surface area (Å²) >= 11 is 9.00. The quantitative estimate of drug-likeness (QED) is 0.0306. The fourth-order valence-electron chi connectivity index (χ4n) is 9.90. The Kier molecular flexibility index (Phi) is 25.5. The van der Waals surface area contributed by atoms with Crippen LogP contribution in [0.1, 0.15) is 7.43 Å². The molecule has 580 valence electrons. The van der Waals surface area contributed by atoms with Gasteiger partial charge in [-0.2, -0.15) is 61.5 Å². The molecule has 3 heterocycles. The molecule has 3 aromatic heterocycles. The number of nitrogens with zero attached hydrogens (tertiary/aromatic N) is 3. The van der Waals surface area contributed by atoms with Crippen molar-refractivity contribution >= 4 is 121 Å². The predicted octanol–water partition coefficient (Wildman–Crippen LogP) is 16.8. The third-order valence-electron chi connectivity index (χ3n) is 14.9. The molecule has 18 nitrogen and oxygen atoms in total. The van der Waals surface area contributed by atoms with Crippen LogP contribution in [0.15, 0.2) is 170 Å². The largest absolute Gasteiger partial charge is 0.495 e. The second-order valence-corrected chi connectivity index (χ2v) is 28.5. The molecule has 0 spiro atoms. The summed E-state index contributed by atoms with van der Waals surface area (Å²) in [5.41, 5.74) is -1.80. The molecule has 0 amide bonds. The van der Waals surface area contributed by atoms with Crippen molar-refractivity contribution in [1.82, 2.24) is 13.7 Å². The molecule has 0 radical (unpaired) electrons. The first-order valence-electron chi connectivity index (χ1n) is 28.6. The van der Waals surface area contributed by atoms with E-state index in [9.17, 15) is 119 Å². The van der Waals surface area contributed by atoms with E-state index in [4.69, 9.17) is 14.2 Å². The summed E-state index contributed by atoms with van der Waals surface area (Å²) in [6, 6.07) is 22.2. The average Bonchev–Trinajstić information content (AvgIpc) is 0.766. The number of benzene rings is 9. The summed E-state index contributed by atoms with van der Waals surface area (Å²) in [5.74, 6) is -44.6. The molecular weight excluding hydrogens is 1800 g/mol. The van der Waals surface area contributed by atoms with Gasteiger partial charge in [0, 0.05) is 52.6 Å². The molecule has 0 aliphatic heterocycles. The Morgan fingerprint density at radius 2 is 0.491 bits per heavy atom. The Bertz CT molecular complexity index is 5700. The molecule has 0 fully saturated rings. The van der Waals surface area contributed by atoms with Gasteiger partial charge in [-0.3, -0.25) is 28.1 Å². The minimum atomic E-state index is -5.12. The lowest BCUT2D eigenvalue weighted by molar-refractivity contribution is 0.346. The zero-order valence-corrected chi connectivity index (χ0v) is 62.1. The zero-order valence-electron chi connectivity index (χ0n) is 53.5. The van der Waals surface area contributed by atoms with Crippen molar-refractivity contribution in [1.29, 1.82) is 0 Å². The number of hydrogen-bond donors (Lipinski definition) is 0. The van der Waals surface area contributed by atoms with Crippen molar-refractivity contribution in [3.8, 4) is 51.6 Å². The fraction of sp³-hybridized carbons (Fsp3) is 0.0597. The number of halogens is 21. The standard InChI is InChI=1S/3C22H10BrF6NO5S.CH4.H3P/c3*1-34-15-7-11(23)12(24)8-14(15)30-13-4-3-10(6-9(13)2-5-16(30)31)36(32,33)35-22-20(28)18(26)17(25)19(27)21(22)29;;/h3*2-8H,1H3;1H4;1H3. The van der Waals surface area contributed by atoms with Crippen molar-refractivity contribution < 1.29 is 131 Å². The number of ether oxygens (including phenoxy) is 3. The predicted molar refractivity (Wildman–Crippen MR) is 371 cm³/mol. The fourth-order valence-corrected chi connectivity index (χ4v) is 13.8. The van der Waals surface area contributed by atoms with Crippen LogP contribution >= 0.6 is 57.7 Å². The third-order valence-corrected chi connectivity index (χ3v) is 20.4. The van der Waals surface area contributed by atoms with E-state index in [-0.39, 0.29) is 97.8 Å². The number of fused-ring (bicyclic) bond motifs is 3. The summed E-state index contributed by atoms with van der Waals surface area (Å²) in [4.78, 5) is 35.7. The molecule has 0 aliphatic carbocycles. The zero-order chi connectivity index (χ0) is 79.6. The van der Waals surface area contributed by atoms with Crippen LogP contribution in [0.4, 0.5) is 79.0 Å². The molecule has 0 N–H and O–H groups in total. The maximum Gasteiger partial charge on any atom is 0.339 e. The van der Waals surface area contributed by atoms with Crippen LogP contribution < -0.4 is 43.4 Å². The topological polar surface area (TPSA) is 224 Å². The second kappa shape index (κ2) is 32.8. The number of methoxy groups -OCH3 is 3. The minimum Gasteiger partial charge on any atom is -0.495 e. The SMILES string of the molecule is C.COc1cc(Br)c(F)cc1-n1c(=O)ccc2cc(S(=O)(=O)Oc3c(F)c(F)c(F)c(F)c3F)ccc21.COc1cc(Br)c(F)cc1-n1c(=O)ccc2cc(S(=O)(=O)Oc3c(F)c(F)c(F)c(F)c3F)ccc21.COc1cc(Br)c(F)cc1-n1c(=O)ccc2cc(S(=O)(=O)Oc3c(F)c(F)c(F)c(F)c3F)ccc21.P. The minimum absolute atomic E-state index is 0. The summed E-state index contributed by atoms with van der Waals surface area (Å²) in [5, 5.41) is 0.172. The van der Waals surface area contributed by atoms with Crippen molar-refractivity contribution in [2.24, 2.45) is 0 Å². The van der Waals surface area contributed by atoms with Crippen LogP contribution in [-0.4, -0.2) is 60.3 Å². The lowest BCUT2D eigenvalue weighted by Crippen LogP contribution is -2.19. The van der Waals surface area contributed by atoms with Crippen LogP contribution in [0, 0.1) is 105 Å². The van der Waals surface area contributed by atoms with Gasteiger partial charge in [0.25, 0.3) is 16.7 Å². The van der Waals surface area contributed by atoms with E-state index >= 15 is 0 Å². The van der Waals surface area contributed by atoms with E-state index in [1.165, 1.54) is 57.7 Å². The summed E-state index contributed by atoms with van der Waals surface area (Å²) in [6.07, 6.45) is 0. The Labute approximate surface area is 633 Å². The van der Waals surface area contributed by atoms with Gasteiger partial charge in [0.2, 0.25) is 105 Å². The van der Waals surface area contributed by atoms with E-state index in [1.807, 2.05) is 0 Å². The Hall–Kier alpha value is -10.1. The van der Waals surface area contributed by atoms with Crippen molar-refractivity contribution in [2.45, 2.75) is 22.1 Å². The highest BCUT2D eigenvalue weighted by molar-refractivity contribution is 9.11. The van der Waals surface area contributed by atoms with E-state index in [0.29, 0.717) is 0 Å². The van der Waals surface area contributed by atoms with Gasteiger partial charge in [-0.25, -0.2) is 52.7 Å². The van der Waals surface area contributed by atoms with Crippen LogP contribution in [0.25, 0.3) is 49.8 Å². The average molecular weight is 1830 g/mol. The lowest BCUT2D eigenvalue weighted by atomic mass is 10.2. The molecule has 110 heavy (non-hydrogen) atoms. The molecule has 12 aromatic rings. The maximum absolute atomic E-state index is 14.2. The van der Waals surface area contributed by atoms with Gasteiger partial charge in [-0.05, 0) is 139 Å². The Morgan fingerprint density at radius 3 is 0.691 bits per heavy atom. The van der Waals surface area contributed by atoms with E-state index < -0.39 is 184 Å². The molecule has 1 unspecified atom stereocenters. The molecule has 12 rings (SSSR count). The molecule has 1 atom stereocenters. The monoisotopic (exact) mass is 1830 g/mol. The molecule has 43 heteroatoms. The molecule has 0 saturated heterocycles. The smallest absolute Gasteiger partial charge is 0.339 e. The van der Waals surface area contributed by atoms with E-state index in [1.54, 1.807) is 0 Å². The van der Waals surface area contributed by atoms with Gasteiger partial charge in [0.05, 0.1) is 68.4 Å². The molecule has 0 saturated carbocycles. The number of hydrogen-bond acceptors (Lipinski definition) is 15. The van der Waals surface area contributed by atoms with Gasteiger partial charge < -0.3 is 26.8 Å². The highest BCUT2D eigenvalue weighted by Gasteiger charge is 2.35. The van der Waals surface area contributed by atoms with Gasteiger partial charge in [0.1, 0.15) is 49.4 Å².